The summed E-state index contributed by atoms with van der Waals surface area (Å²) in [4.78, 5) is 11.1. The summed E-state index contributed by atoms with van der Waals surface area (Å²) in [6.07, 6.45) is 21.7. The number of hydrogen-bond donors (Lipinski definition) is 0. The van der Waals surface area contributed by atoms with E-state index in [1.807, 2.05) is 0 Å². The molecule has 0 aromatic rings. The molecule has 0 aromatic heterocycles. The lowest BCUT2D eigenvalue weighted by atomic mass is 10.0. The summed E-state index contributed by atoms with van der Waals surface area (Å²) >= 11 is 0. The van der Waals surface area contributed by atoms with Crippen LogP contribution in [0.3, 0.4) is 0 Å². The van der Waals surface area contributed by atoms with Crippen molar-refractivity contribution in [2.45, 2.75) is 110 Å². The van der Waals surface area contributed by atoms with Crippen molar-refractivity contribution in [1.29, 1.82) is 0 Å². The smallest absolute Gasteiger partial charge is 0.332 e. The summed E-state index contributed by atoms with van der Waals surface area (Å²) in [6.45, 7) is 2.89. The summed E-state index contributed by atoms with van der Waals surface area (Å²) in [5.41, 5.74) is 0. The minimum atomic E-state index is -0.251. The number of carbonyl (C=O) groups excluding carboxylic acids is 1. The van der Waals surface area contributed by atoms with Gasteiger partial charge in [0.05, 0.1) is 6.61 Å². The molecule has 0 aliphatic heterocycles. The van der Waals surface area contributed by atoms with Crippen molar-refractivity contribution >= 4 is 5.97 Å². The molecule has 0 aliphatic carbocycles. The number of ether oxygens (including phenoxy) is 2. The maximum absolute atomic E-state index is 11.1. The van der Waals surface area contributed by atoms with E-state index in [0.29, 0.717) is 6.61 Å². The van der Waals surface area contributed by atoms with Crippen molar-refractivity contribution in [3.05, 3.63) is 0 Å². The fourth-order valence-corrected chi connectivity index (χ4v) is 3.00. The number of rotatable bonds is 19. The van der Waals surface area contributed by atoms with Gasteiger partial charge in [-0.2, -0.15) is 0 Å². The molecule has 0 unspecified atom stereocenters. The Balaban J connectivity index is 3.01. The van der Waals surface area contributed by atoms with Crippen molar-refractivity contribution in [3.63, 3.8) is 0 Å². The van der Waals surface area contributed by atoms with Gasteiger partial charge in [-0.3, -0.25) is 0 Å². The van der Waals surface area contributed by atoms with Crippen LogP contribution >= 0.6 is 0 Å². The van der Waals surface area contributed by atoms with Gasteiger partial charge in [0.25, 0.3) is 0 Å². The van der Waals surface area contributed by atoms with Crippen molar-refractivity contribution in [2.24, 2.45) is 0 Å². The Morgan fingerprint density at radius 3 is 1.38 bits per heavy atom. The van der Waals surface area contributed by atoms with Gasteiger partial charge in [0.15, 0.2) is 0 Å². The second kappa shape index (κ2) is 20.5. The van der Waals surface area contributed by atoms with Crippen molar-refractivity contribution < 1.29 is 14.3 Å². The number of methoxy groups -OCH3 is 1. The van der Waals surface area contributed by atoms with E-state index in [9.17, 15) is 4.79 Å². The number of hydrogen-bond acceptors (Lipinski definition) is 3. The Labute approximate surface area is 150 Å². The zero-order valence-electron chi connectivity index (χ0n) is 16.5. The molecule has 0 radical (unpaired) electrons. The highest BCUT2D eigenvalue weighted by atomic mass is 16.6. The highest BCUT2D eigenvalue weighted by Gasteiger charge is 2.00. The molecule has 0 amide bonds. The van der Waals surface area contributed by atoms with Gasteiger partial charge in [-0.15, -0.1) is 0 Å². The molecule has 0 N–H and O–H groups in total. The average Bonchev–Trinajstić information content (AvgIpc) is 2.58. The zero-order chi connectivity index (χ0) is 17.7. The average molecular weight is 343 g/mol. The summed E-state index contributed by atoms with van der Waals surface area (Å²) in [5.74, 6) is -0.251. The zero-order valence-corrected chi connectivity index (χ0v) is 16.5. The highest BCUT2D eigenvalue weighted by Crippen LogP contribution is 2.13. The molecule has 0 spiro atoms. The molecule has 0 heterocycles. The van der Waals surface area contributed by atoms with Crippen LogP contribution < -0.4 is 0 Å². The molecule has 144 valence electrons. The third kappa shape index (κ3) is 19.5. The molecule has 0 saturated heterocycles. The van der Waals surface area contributed by atoms with E-state index in [1.54, 1.807) is 0 Å². The van der Waals surface area contributed by atoms with Crippen molar-refractivity contribution in [3.8, 4) is 0 Å². The molecule has 0 atom stereocenters. The number of unbranched alkanes of at least 4 members (excludes halogenated alkanes) is 15. The SMILES string of the molecule is CCCCCCCCCCCCCCCCCCOC(=O)COC. The molecular formula is C21H42O3. The van der Waals surface area contributed by atoms with Gasteiger partial charge in [-0.25, -0.2) is 4.79 Å². The number of carbonyl (C=O) groups is 1. The lowest BCUT2D eigenvalue weighted by Gasteiger charge is -2.05. The molecule has 24 heavy (non-hydrogen) atoms. The van der Waals surface area contributed by atoms with E-state index in [0.717, 1.165) is 12.8 Å². The lowest BCUT2D eigenvalue weighted by molar-refractivity contribution is -0.148. The topological polar surface area (TPSA) is 35.5 Å². The van der Waals surface area contributed by atoms with Crippen molar-refractivity contribution in [2.75, 3.05) is 20.3 Å². The van der Waals surface area contributed by atoms with E-state index in [-0.39, 0.29) is 12.6 Å². The van der Waals surface area contributed by atoms with Gasteiger partial charge in [0, 0.05) is 7.11 Å². The summed E-state index contributed by atoms with van der Waals surface area (Å²) < 4.78 is 9.75. The first-order chi connectivity index (χ1) is 11.8. The first-order valence-corrected chi connectivity index (χ1v) is 10.5. The fraction of sp³-hybridized carbons (Fsp3) is 0.952. The Morgan fingerprint density at radius 2 is 1.00 bits per heavy atom. The predicted molar refractivity (Wildman–Crippen MR) is 102 cm³/mol. The molecule has 3 nitrogen and oxygen atoms in total. The quantitative estimate of drug-likeness (QED) is 0.200. The Morgan fingerprint density at radius 1 is 0.625 bits per heavy atom. The van der Waals surface area contributed by atoms with E-state index in [1.165, 1.54) is 97.0 Å². The van der Waals surface area contributed by atoms with E-state index in [2.05, 4.69) is 6.92 Å². The maximum atomic E-state index is 11.1. The van der Waals surface area contributed by atoms with Crippen LogP contribution in [0, 0.1) is 0 Å². The fourth-order valence-electron chi connectivity index (χ4n) is 3.00. The summed E-state index contributed by atoms with van der Waals surface area (Å²) in [6, 6.07) is 0. The standard InChI is InChI=1S/C21H42O3/c1-3-4-5-6-7-8-9-10-11-12-13-14-15-16-17-18-19-24-21(22)20-23-2/h3-20H2,1-2H3. The second-order valence-electron chi connectivity index (χ2n) is 6.96. The van der Waals surface area contributed by atoms with Crippen LogP contribution in [-0.4, -0.2) is 26.3 Å². The Bertz CT molecular complexity index is 253. The second-order valence-corrected chi connectivity index (χ2v) is 6.96. The van der Waals surface area contributed by atoms with Crippen LogP contribution in [0.5, 0.6) is 0 Å². The minimum absolute atomic E-state index is 0.0683. The Hall–Kier alpha value is -0.570. The van der Waals surface area contributed by atoms with Gasteiger partial charge >= 0.3 is 5.97 Å². The first kappa shape index (κ1) is 23.4. The van der Waals surface area contributed by atoms with Crippen molar-refractivity contribution in [1.82, 2.24) is 0 Å². The van der Waals surface area contributed by atoms with Gasteiger partial charge in [0.2, 0.25) is 0 Å². The molecule has 0 fully saturated rings. The highest BCUT2D eigenvalue weighted by molar-refractivity contribution is 5.70. The van der Waals surface area contributed by atoms with Gasteiger partial charge < -0.3 is 9.47 Å². The summed E-state index contributed by atoms with van der Waals surface area (Å²) in [7, 11) is 1.51. The first-order valence-electron chi connectivity index (χ1n) is 10.5. The molecule has 3 heteroatoms. The largest absolute Gasteiger partial charge is 0.464 e. The van der Waals surface area contributed by atoms with Gasteiger partial charge in [-0.1, -0.05) is 103 Å². The van der Waals surface area contributed by atoms with E-state index < -0.39 is 0 Å². The third-order valence-corrected chi connectivity index (χ3v) is 4.52. The van der Waals surface area contributed by atoms with E-state index >= 15 is 0 Å². The third-order valence-electron chi connectivity index (χ3n) is 4.52. The molecule has 0 bridgehead atoms. The van der Waals surface area contributed by atoms with Crippen LogP contribution in [0.25, 0.3) is 0 Å². The van der Waals surface area contributed by atoms with Crippen LogP contribution in [-0.2, 0) is 14.3 Å². The van der Waals surface area contributed by atoms with Crippen LogP contribution in [0.1, 0.15) is 110 Å². The van der Waals surface area contributed by atoms with Crippen LogP contribution in [0.4, 0.5) is 0 Å². The predicted octanol–water partition coefficient (Wildman–Crippen LogP) is 6.44. The molecular weight excluding hydrogens is 300 g/mol. The van der Waals surface area contributed by atoms with Crippen LogP contribution in [0.2, 0.25) is 0 Å². The monoisotopic (exact) mass is 342 g/mol. The molecule has 0 aromatic carbocycles. The minimum Gasteiger partial charge on any atom is -0.464 e. The van der Waals surface area contributed by atoms with Gasteiger partial charge in [0.1, 0.15) is 6.61 Å². The Kier molecular flexibility index (Phi) is 20.0. The number of esters is 1. The lowest BCUT2D eigenvalue weighted by Crippen LogP contribution is -2.11. The normalized spacial score (nSPS) is 10.9. The van der Waals surface area contributed by atoms with E-state index in [4.69, 9.17) is 9.47 Å². The van der Waals surface area contributed by atoms with Gasteiger partial charge in [-0.05, 0) is 6.42 Å². The maximum Gasteiger partial charge on any atom is 0.332 e. The van der Waals surface area contributed by atoms with Crippen LogP contribution in [0.15, 0.2) is 0 Å². The molecule has 0 rings (SSSR count). The summed E-state index contributed by atoms with van der Waals surface area (Å²) in [5, 5.41) is 0. The molecule has 0 saturated carbocycles. The molecule has 0 aliphatic rings.